The molecule has 1 aromatic carbocycles. The Bertz CT molecular complexity index is 1230. The SMILES string of the molecule is CCOC(=O)[C@H](C)NP(=O)(OC[C@H]1O[C@@H](n2ccc(=O)[nH]c2=O)C(C)(F)[C@@H]1O)Oc1ccc(F)cc1. The number of halogens is 2. The number of carbonyl (C=O) groups is 1. The molecular weight excluding hydrogens is 507 g/mol. The molecule has 1 fully saturated rings. The molecule has 0 bridgehead atoms. The average Bonchev–Trinajstić information content (AvgIpc) is 3.03. The van der Waals surface area contributed by atoms with E-state index in [1.54, 1.807) is 6.92 Å². The number of aromatic nitrogens is 2. The Kier molecular flexibility index (Phi) is 8.47. The molecule has 3 N–H and O–H groups in total. The number of benzene rings is 1. The molecule has 2 unspecified atom stereocenters. The number of aliphatic hydroxyl groups excluding tert-OH is 1. The summed E-state index contributed by atoms with van der Waals surface area (Å²) in [5.74, 6) is -1.43. The van der Waals surface area contributed by atoms with Crippen molar-refractivity contribution in [2.75, 3.05) is 13.2 Å². The molecule has 1 aliphatic heterocycles. The van der Waals surface area contributed by atoms with Gasteiger partial charge in [0.25, 0.3) is 5.56 Å². The van der Waals surface area contributed by atoms with Crippen molar-refractivity contribution in [3.8, 4) is 5.75 Å². The zero-order valence-electron chi connectivity index (χ0n) is 19.6. The van der Waals surface area contributed by atoms with Crippen LogP contribution >= 0.6 is 7.75 Å². The third kappa shape index (κ3) is 6.26. The Morgan fingerprint density at radius 3 is 2.61 bits per heavy atom. The van der Waals surface area contributed by atoms with E-state index in [4.69, 9.17) is 18.5 Å². The van der Waals surface area contributed by atoms with Crippen LogP contribution in [0.1, 0.15) is 27.0 Å². The first-order valence-electron chi connectivity index (χ1n) is 10.8. The number of hydrogen-bond donors (Lipinski definition) is 3. The average molecular weight is 533 g/mol. The standard InChI is InChI=1S/C21H26F2N3O9P/c1-4-32-18(29)12(2)25-36(31,35-14-7-5-13(22)6-8-14)33-11-15-17(28)21(3,23)19(34-15)26-10-9-16(27)24-20(26)30/h5-10,12,15,17,19,28H,4,11H2,1-3H3,(H,25,31)(H,24,27,30)/t12-,15+,17+,19+,21?,36?/m0/s1. The van der Waals surface area contributed by atoms with Crippen LogP contribution in [-0.4, -0.2) is 57.8 Å². The van der Waals surface area contributed by atoms with Gasteiger partial charge < -0.3 is 19.1 Å². The normalized spacial score (nSPS) is 26.2. The zero-order chi connectivity index (χ0) is 26.7. The largest absolute Gasteiger partial charge is 0.465 e. The summed E-state index contributed by atoms with van der Waals surface area (Å²) >= 11 is 0. The topological polar surface area (TPSA) is 158 Å². The van der Waals surface area contributed by atoms with Gasteiger partial charge in [-0.15, -0.1) is 0 Å². The second kappa shape index (κ2) is 11.0. The number of H-pyrrole nitrogens is 1. The minimum absolute atomic E-state index is 0.0531. The predicted molar refractivity (Wildman–Crippen MR) is 121 cm³/mol. The summed E-state index contributed by atoms with van der Waals surface area (Å²) in [6.45, 7) is 3.23. The zero-order valence-corrected chi connectivity index (χ0v) is 20.4. The Morgan fingerprint density at radius 2 is 2.00 bits per heavy atom. The van der Waals surface area contributed by atoms with Crippen molar-refractivity contribution in [2.45, 2.75) is 50.9 Å². The van der Waals surface area contributed by atoms with Gasteiger partial charge in [0.2, 0.25) is 0 Å². The summed E-state index contributed by atoms with van der Waals surface area (Å²) < 4.78 is 64.0. The molecule has 1 aliphatic rings. The first-order valence-corrected chi connectivity index (χ1v) is 12.4. The van der Waals surface area contributed by atoms with E-state index in [9.17, 15) is 28.4 Å². The molecule has 2 aromatic rings. The summed E-state index contributed by atoms with van der Waals surface area (Å²) in [5, 5.41) is 12.9. The van der Waals surface area contributed by atoms with Crippen molar-refractivity contribution in [2.24, 2.45) is 0 Å². The highest BCUT2D eigenvalue weighted by Gasteiger charge is 2.55. The first-order chi connectivity index (χ1) is 16.9. The molecule has 6 atom stereocenters. The van der Waals surface area contributed by atoms with Crippen LogP contribution in [0, 0.1) is 5.82 Å². The third-order valence-electron chi connectivity index (χ3n) is 5.26. The van der Waals surface area contributed by atoms with Crippen LogP contribution in [-0.2, 0) is 23.4 Å². The molecule has 0 amide bonds. The van der Waals surface area contributed by atoms with Crippen molar-refractivity contribution in [1.82, 2.24) is 14.6 Å². The molecule has 0 radical (unpaired) electrons. The van der Waals surface area contributed by atoms with Crippen molar-refractivity contribution in [1.29, 1.82) is 0 Å². The lowest BCUT2D eigenvalue weighted by atomic mass is 9.98. The highest BCUT2D eigenvalue weighted by Crippen LogP contribution is 2.47. The van der Waals surface area contributed by atoms with Gasteiger partial charge in [-0.1, -0.05) is 0 Å². The monoisotopic (exact) mass is 533 g/mol. The van der Waals surface area contributed by atoms with Crippen molar-refractivity contribution >= 4 is 13.7 Å². The third-order valence-corrected chi connectivity index (χ3v) is 6.90. The van der Waals surface area contributed by atoms with E-state index in [2.05, 4.69) is 5.09 Å². The van der Waals surface area contributed by atoms with Crippen molar-refractivity contribution in [3.05, 3.63) is 63.2 Å². The van der Waals surface area contributed by atoms with Gasteiger partial charge in [0.1, 0.15) is 29.8 Å². The van der Waals surface area contributed by atoms with E-state index in [1.165, 1.54) is 19.1 Å². The number of rotatable bonds is 10. The molecule has 3 rings (SSSR count). The number of esters is 1. The fourth-order valence-electron chi connectivity index (χ4n) is 3.42. The smallest absolute Gasteiger partial charge is 0.459 e. The van der Waals surface area contributed by atoms with Crippen LogP contribution in [0.2, 0.25) is 0 Å². The van der Waals surface area contributed by atoms with E-state index >= 15 is 4.39 Å². The molecular formula is C21H26F2N3O9P. The minimum Gasteiger partial charge on any atom is -0.465 e. The van der Waals surface area contributed by atoms with Crippen molar-refractivity contribution in [3.63, 3.8) is 0 Å². The molecule has 0 aliphatic carbocycles. The van der Waals surface area contributed by atoms with Gasteiger partial charge in [-0.3, -0.25) is 23.7 Å². The molecule has 0 spiro atoms. The number of aliphatic hydroxyl groups is 1. The lowest BCUT2D eigenvalue weighted by Gasteiger charge is -2.25. The maximum Gasteiger partial charge on any atom is 0.459 e. The lowest BCUT2D eigenvalue weighted by Crippen LogP contribution is -2.43. The second-order valence-corrected chi connectivity index (χ2v) is 9.78. The number of alkyl halides is 1. The van der Waals surface area contributed by atoms with Gasteiger partial charge in [0.05, 0.1) is 13.2 Å². The molecule has 0 saturated carbocycles. The number of nitrogens with one attached hydrogen (secondary N) is 2. The van der Waals surface area contributed by atoms with Crippen molar-refractivity contribution < 1.29 is 41.8 Å². The van der Waals surface area contributed by atoms with Gasteiger partial charge >= 0.3 is 19.4 Å². The van der Waals surface area contributed by atoms with Crippen LogP contribution in [0.5, 0.6) is 5.75 Å². The number of ether oxygens (including phenoxy) is 2. The summed E-state index contributed by atoms with van der Waals surface area (Å²) in [5.41, 5.74) is -4.21. The Morgan fingerprint density at radius 1 is 1.33 bits per heavy atom. The fourth-order valence-corrected chi connectivity index (χ4v) is 4.92. The number of carbonyl (C=O) groups excluding carboxylic acids is 1. The number of aromatic amines is 1. The van der Waals surface area contributed by atoms with E-state index < -0.39 is 67.5 Å². The highest BCUT2D eigenvalue weighted by molar-refractivity contribution is 7.52. The summed E-state index contributed by atoms with van der Waals surface area (Å²) in [7, 11) is -4.42. The van der Waals surface area contributed by atoms with Crippen LogP contribution in [0.3, 0.4) is 0 Å². The van der Waals surface area contributed by atoms with E-state index in [1.807, 2.05) is 4.98 Å². The van der Waals surface area contributed by atoms with Crippen LogP contribution in [0.25, 0.3) is 0 Å². The highest BCUT2D eigenvalue weighted by atomic mass is 31.2. The van der Waals surface area contributed by atoms with Gasteiger partial charge in [-0.25, -0.2) is 18.1 Å². The second-order valence-electron chi connectivity index (χ2n) is 8.08. The van der Waals surface area contributed by atoms with E-state index in [-0.39, 0.29) is 12.4 Å². The Hall–Kier alpha value is -2.90. The molecule has 12 nitrogen and oxygen atoms in total. The quantitative estimate of drug-likeness (QED) is 0.301. The lowest BCUT2D eigenvalue weighted by molar-refractivity contribution is -0.144. The maximum atomic E-state index is 15.4. The molecule has 36 heavy (non-hydrogen) atoms. The van der Waals surface area contributed by atoms with Gasteiger partial charge in [-0.2, -0.15) is 5.09 Å². The molecule has 1 aromatic heterocycles. The molecule has 2 heterocycles. The van der Waals surface area contributed by atoms with Crippen LogP contribution in [0.15, 0.2) is 46.1 Å². The number of nitrogens with zero attached hydrogens (tertiary/aromatic N) is 1. The minimum atomic E-state index is -4.42. The summed E-state index contributed by atoms with van der Waals surface area (Å²) in [6, 6.07) is 4.21. The number of hydrogen-bond acceptors (Lipinski definition) is 9. The van der Waals surface area contributed by atoms with E-state index in [0.717, 1.165) is 35.9 Å². The summed E-state index contributed by atoms with van der Waals surface area (Å²) in [4.78, 5) is 37.4. The Labute approximate surface area is 203 Å². The molecule has 1 saturated heterocycles. The van der Waals surface area contributed by atoms with Crippen LogP contribution < -0.4 is 20.9 Å². The van der Waals surface area contributed by atoms with Gasteiger partial charge in [0, 0.05) is 12.3 Å². The van der Waals surface area contributed by atoms with Gasteiger partial charge in [-0.05, 0) is 45.0 Å². The summed E-state index contributed by atoms with van der Waals surface area (Å²) in [6.07, 6.45) is -3.96. The van der Waals surface area contributed by atoms with E-state index in [0.29, 0.717) is 0 Å². The first kappa shape index (κ1) is 27.7. The fraction of sp³-hybridized carbons (Fsp3) is 0.476. The molecule has 198 valence electrons. The van der Waals surface area contributed by atoms with Crippen LogP contribution in [0.4, 0.5) is 8.78 Å². The predicted octanol–water partition coefficient (Wildman–Crippen LogP) is 1.41. The van der Waals surface area contributed by atoms with Gasteiger partial charge in [0.15, 0.2) is 11.9 Å². The maximum absolute atomic E-state index is 15.4. The Balaban J connectivity index is 1.81. The molecule has 15 heteroatoms.